The summed E-state index contributed by atoms with van der Waals surface area (Å²) in [5, 5.41) is 9.84. The van der Waals surface area contributed by atoms with Gasteiger partial charge in [0.2, 0.25) is 0 Å². The Morgan fingerprint density at radius 1 is 1.35 bits per heavy atom. The molecule has 2 nitrogen and oxygen atoms in total. The lowest BCUT2D eigenvalue weighted by molar-refractivity contribution is 0.0442. The highest BCUT2D eigenvalue weighted by Crippen LogP contribution is 2.47. The molecule has 1 aromatic carbocycles. The number of piperidine rings is 1. The third-order valence-corrected chi connectivity index (χ3v) is 5.55. The van der Waals surface area contributed by atoms with Gasteiger partial charge in [0.25, 0.3) is 0 Å². The molecule has 1 aromatic rings. The Morgan fingerprint density at radius 3 is 2.90 bits per heavy atom. The highest BCUT2D eigenvalue weighted by molar-refractivity contribution is 5.43. The number of benzene rings is 1. The Bertz CT molecular complexity index is 492. The maximum absolute atomic E-state index is 9.84. The molecule has 0 saturated carbocycles. The van der Waals surface area contributed by atoms with Crippen molar-refractivity contribution in [2.75, 3.05) is 13.1 Å². The van der Waals surface area contributed by atoms with E-state index < -0.39 is 0 Å². The summed E-state index contributed by atoms with van der Waals surface area (Å²) in [6.45, 7) is 9.52. The summed E-state index contributed by atoms with van der Waals surface area (Å²) >= 11 is 0. The minimum atomic E-state index is 0.170. The quantitative estimate of drug-likeness (QED) is 0.888. The van der Waals surface area contributed by atoms with Crippen LogP contribution in [0.1, 0.15) is 51.2 Å². The number of hydrogen-bond donors (Lipinski definition) is 1. The lowest BCUT2D eigenvalue weighted by Crippen LogP contribution is -2.55. The van der Waals surface area contributed by atoms with E-state index in [1.807, 2.05) is 12.1 Å². The smallest absolute Gasteiger partial charge is 0.115 e. The van der Waals surface area contributed by atoms with Gasteiger partial charge in [0.05, 0.1) is 0 Å². The first-order valence-corrected chi connectivity index (χ1v) is 8.10. The molecule has 0 bridgehead atoms. The second-order valence-electron chi connectivity index (χ2n) is 7.12. The molecule has 0 unspecified atom stereocenters. The van der Waals surface area contributed by atoms with Gasteiger partial charge < -0.3 is 5.11 Å². The lowest BCUT2D eigenvalue weighted by Gasteiger charge is -2.52. The number of phenolic OH excluding ortho intramolecular Hbond substituents is 1. The number of hydrogen-bond acceptors (Lipinski definition) is 2. The molecular formula is C18H27NO. The van der Waals surface area contributed by atoms with Gasteiger partial charge in [-0.25, -0.2) is 0 Å². The zero-order valence-electron chi connectivity index (χ0n) is 13.0. The van der Waals surface area contributed by atoms with Gasteiger partial charge >= 0.3 is 0 Å². The van der Waals surface area contributed by atoms with E-state index >= 15 is 0 Å². The van der Waals surface area contributed by atoms with Crippen LogP contribution < -0.4 is 0 Å². The number of aromatic hydroxyl groups is 1. The fraction of sp³-hybridized carbons (Fsp3) is 0.667. The second-order valence-corrected chi connectivity index (χ2v) is 7.12. The molecule has 0 aromatic heterocycles. The molecule has 1 heterocycles. The molecule has 110 valence electrons. The van der Waals surface area contributed by atoms with Crippen molar-refractivity contribution in [3.05, 3.63) is 29.3 Å². The van der Waals surface area contributed by atoms with Crippen LogP contribution >= 0.6 is 0 Å². The van der Waals surface area contributed by atoms with Crippen LogP contribution in [0.3, 0.4) is 0 Å². The van der Waals surface area contributed by atoms with E-state index in [9.17, 15) is 5.11 Å². The van der Waals surface area contributed by atoms with E-state index in [1.54, 1.807) is 0 Å². The van der Waals surface area contributed by atoms with E-state index in [0.717, 1.165) is 12.3 Å². The first kappa shape index (κ1) is 13.9. The maximum atomic E-state index is 9.84. The zero-order chi connectivity index (χ0) is 14.3. The topological polar surface area (TPSA) is 23.5 Å². The molecule has 0 radical (unpaired) electrons. The Balaban J connectivity index is 2.01. The molecule has 1 fully saturated rings. The SMILES string of the molecule is CCCN1CCC[C@@H]2[C@H]1Cc1ccc(O)cc1C2(C)C. The summed E-state index contributed by atoms with van der Waals surface area (Å²) in [6.07, 6.45) is 5.04. The third-order valence-electron chi connectivity index (χ3n) is 5.55. The fourth-order valence-electron chi connectivity index (χ4n) is 4.57. The van der Waals surface area contributed by atoms with Crippen LogP contribution in [0.25, 0.3) is 0 Å². The molecule has 0 spiro atoms. The van der Waals surface area contributed by atoms with E-state index in [2.05, 4.69) is 31.7 Å². The van der Waals surface area contributed by atoms with Crippen LogP contribution in [0.4, 0.5) is 0 Å². The molecule has 0 amide bonds. The molecule has 2 aliphatic rings. The average molecular weight is 273 g/mol. The number of phenols is 1. The maximum Gasteiger partial charge on any atom is 0.115 e. The summed E-state index contributed by atoms with van der Waals surface area (Å²) in [5.41, 5.74) is 2.98. The van der Waals surface area contributed by atoms with Crippen LogP contribution in [0.15, 0.2) is 18.2 Å². The molecule has 20 heavy (non-hydrogen) atoms. The van der Waals surface area contributed by atoms with Crippen LogP contribution in [0.2, 0.25) is 0 Å². The average Bonchev–Trinajstić information content (AvgIpc) is 2.41. The number of likely N-dealkylation sites (tertiary alicyclic amines) is 1. The molecule has 2 heteroatoms. The highest BCUT2D eigenvalue weighted by atomic mass is 16.3. The highest BCUT2D eigenvalue weighted by Gasteiger charge is 2.45. The Hall–Kier alpha value is -1.02. The standard InChI is InChI=1S/C18H27NO/c1-4-9-19-10-5-6-15-17(19)11-13-7-8-14(20)12-16(13)18(15,2)3/h7-8,12,15,17,20H,4-6,9-11H2,1-3H3/t15-,17-/m1/s1. The number of rotatable bonds is 2. The Kier molecular flexibility index (Phi) is 3.53. The summed E-state index contributed by atoms with van der Waals surface area (Å²) < 4.78 is 0. The van der Waals surface area contributed by atoms with Crippen molar-refractivity contribution in [1.29, 1.82) is 0 Å². The lowest BCUT2D eigenvalue weighted by atomic mass is 9.60. The summed E-state index contributed by atoms with van der Waals surface area (Å²) in [5.74, 6) is 1.13. The van der Waals surface area contributed by atoms with Crippen molar-refractivity contribution in [3.63, 3.8) is 0 Å². The molecule has 2 atom stereocenters. The van der Waals surface area contributed by atoms with Crippen LogP contribution in [-0.4, -0.2) is 29.1 Å². The number of fused-ring (bicyclic) bond motifs is 2. The monoisotopic (exact) mass is 273 g/mol. The predicted octanol–water partition coefficient (Wildman–Crippen LogP) is 3.72. The summed E-state index contributed by atoms with van der Waals surface area (Å²) in [7, 11) is 0. The van der Waals surface area contributed by atoms with Crippen molar-refractivity contribution in [2.24, 2.45) is 5.92 Å². The minimum absolute atomic E-state index is 0.170. The summed E-state index contributed by atoms with van der Waals surface area (Å²) in [6, 6.07) is 6.68. The normalized spacial score (nSPS) is 28.8. The third kappa shape index (κ3) is 2.14. The van der Waals surface area contributed by atoms with Gasteiger partial charge in [-0.3, -0.25) is 4.90 Å². The molecular weight excluding hydrogens is 246 g/mol. The van der Waals surface area contributed by atoms with Gasteiger partial charge in [-0.2, -0.15) is 0 Å². The van der Waals surface area contributed by atoms with Gasteiger partial charge in [-0.15, -0.1) is 0 Å². The first-order valence-electron chi connectivity index (χ1n) is 8.10. The van der Waals surface area contributed by atoms with E-state index in [1.165, 1.54) is 43.5 Å². The van der Waals surface area contributed by atoms with Crippen LogP contribution in [0, 0.1) is 5.92 Å². The first-order chi connectivity index (χ1) is 9.54. The Morgan fingerprint density at radius 2 is 2.15 bits per heavy atom. The minimum Gasteiger partial charge on any atom is -0.508 e. The molecule has 3 rings (SSSR count). The van der Waals surface area contributed by atoms with Crippen molar-refractivity contribution in [3.8, 4) is 5.75 Å². The zero-order valence-corrected chi connectivity index (χ0v) is 13.0. The van der Waals surface area contributed by atoms with E-state index in [-0.39, 0.29) is 5.41 Å². The molecule has 1 N–H and O–H groups in total. The van der Waals surface area contributed by atoms with Crippen molar-refractivity contribution in [2.45, 2.75) is 57.9 Å². The van der Waals surface area contributed by atoms with Gasteiger partial charge in [-0.1, -0.05) is 26.8 Å². The van der Waals surface area contributed by atoms with Gasteiger partial charge in [0.1, 0.15) is 5.75 Å². The van der Waals surface area contributed by atoms with E-state index in [4.69, 9.17) is 0 Å². The van der Waals surface area contributed by atoms with Gasteiger partial charge in [0.15, 0.2) is 0 Å². The summed E-state index contributed by atoms with van der Waals surface area (Å²) in [4.78, 5) is 2.71. The molecule has 1 aliphatic heterocycles. The van der Waals surface area contributed by atoms with Crippen LogP contribution in [-0.2, 0) is 11.8 Å². The fourth-order valence-corrected chi connectivity index (χ4v) is 4.57. The van der Waals surface area contributed by atoms with Crippen LogP contribution in [0.5, 0.6) is 5.75 Å². The van der Waals surface area contributed by atoms with Crippen molar-refractivity contribution < 1.29 is 5.11 Å². The van der Waals surface area contributed by atoms with Gasteiger partial charge in [0, 0.05) is 6.04 Å². The molecule has 1 saturated heterocycles. The van der Waals surface area contributed by atoms with Gasteiger partial charge in [-0.05, 0) is 73.4 Å². The second kappa shape index (κ2) is 5.07. The molecule has 1 aliphatic carbocycles. The van der Waals surface area contributed by atoms with Crippen molar-refractivity contribution >= 4 is 0 Å². The van der Waals surface area contributed by atoms with E-state index in [0.29, 0.717) is 11.8 Å². The predicted molar refractivity (Wildman–Crippen MR) is 83.2 cm³/mol. The number of nitrogens with zero attached hydrogens (tertiary/aromatic N) is 1. The van der Waals surface area contributed by atoms with Crippen molar-refractivity contribution in [1.82, 2.24) is 4.90 Å². The largest absolute Gasteiger partial charge is 0.508 e. The Labute approximate surface area is 122 Å².